The number of hydrogen-bond donors (Lipinski definition) is 0. The van der Waals surface area contributed by atoms with Gasteiger partial charge in [0.25, 0.3) is 0 Å². The Morgan fingerprint density at radius 3 is 3.00 bits per heavy atom. The van der Waals surface area contributed by atoms with Gasteiger partial charge in [0.15, 0.2) is 0 Å². The van der Waals surface area contributed by atoms with E-state index in [0.717, 1.165) is 5.92 Å². The number of rotatable bonds is 3. The predicted octanol–water partition coefficient (Wildman–Crippen LogP) is 3.57. The Bertz CT molecular complexity index is 70.1. The van der Waals surface area contributed by atoms with Gasteiger partial charge in [0, 0.05) is 0 Å². The van der Waals surface area contributed by atoms with Crippen molar-refractivity contribution in [1.29, 1.82) is 0 Å². The van der Waals surface area contributed by atoms with Gasteiger partial charge >= 0.3 is 0 Å². The van der Waals surface area contributed by atoms with Crippen molar-refractivity contribution in [2.24, 2.45) is 5.92 Å². The zero-order valence-electron chi connectivity index (χ0n) is 7.10. The van der Waals surface area contributed by atoms with Gasteiger partial charge in [0.2, 0.25) is 0 Å². The molecule has 0 saturated heterocycles. The van der Waals surface area contributed by atoms with E-state index < -0.39 is 0 Å². The van der Waals surface area contributed by atoms with Crippen LogP contribution < -0.4 is 0 Å². The molecule has 0 heteroatoms. The summed E-state index contributed by atoms with van der Waals surface area (Å²) < 4.78 is 0. The van der Waals surface area contributed by atoms with Gasteiger partial charge in [-0.2, -0.15) is 0 Å². The summed E-state index contributed by atoms with van der Waals surface area (Å²) in [7, 11) is 0. The molecule has 0 aromatic heterocycles. The van der Waals surface area contributed by atoms with E-state index in [1.807, 2.05) is 0 Å². The van der Waals surface area contributed by atoms with Gasteiger partial charge in [0.1, 0.15) is 0 Å². The van der Waals surface area contributed by atoms with Crippen molar-refractivity contribution in [3.63, 3.8) is 0 Å². The van der Waals surface area contributed by atoms with Crippen molar-refractivity contribution in [1.82, 2.24) is 0 Å². The first kappa shape index (κ1) is 8.10. The maximum atomic E-state index is 2.48. The molecule has 0 heterocycles. The van der Waals surface area contributed by atoms with Crippen molar-refractivity contribution < 1.29 is 0 Å². The lowest BCUT2D eigenvalue weighted by Gasteiger charge is -2.20. The van der Waals surface area contributed by atoms with E-state index in [0.29, 0.717) is 0 Å². The first-order valence-corrected chi connectivity index (χ1v) is 4.75. The highest BCUT2D eigenvalue weighted by atomic mass is 14.2. The van der Waals surface area contributed by atoms with E-state index in [2.05, 4.69) is 13.3 Å². The molecule has 0 aromatic carbocycles. The third-order valence-electron chi connectivity index (χ3n) is 2.49. The fourth-order valence-corrected chi connectivity index (χ4v) is 1.78. The van der Waals surface area contributed by atoms with Crippen molar-refractivity contribution in [2.75, 3.05) is 0 Å². The molecule has 0 aromatic rings. The molecule has 59 valence electrons. The molecule has 0 bridgehead atoms. The zero-order chi connectivity index (χ0) is 7.23. The lowest BCUT2D eigenvalue weighted by molar-refractivity contribution is 0.378. The third kappa shape index (κ3) is 2.72. The highest BCUT2D eigenvalue weighted by molar-refractivity contribution is 4.77. The molecular weight excluding hydrogens is 120 g/mol. The smallest absolute Gasteiger partial charge is 0.0383 e. The molecule has 1 aliphatic rings. The van der Waals surface area contributed by atoms with Crippen LogP contribution in [0.5, 0.6) is 0 Å². The Morgan fingerprint density at radius 1 is 1.50 bits per heavy atom. The molecule has 0 unspecified atom stereocenters. The lowest BCUT2D eigenvalue weighted by atomic mass is 9.86. The molecule has 1 rings (SSSR count). The standard InChI is InChI=1S/C10H19/c1-2-3-7-10-8-5-4-6-9-10/h5,10H,2-4,6-9H2,1H3/t10-/m0/s1. The Kier molecular flexibility index (Phi) is 3.86. The van der Waals surface area contributed by atoms with Crippen LogP contribution in [-0.4, -0.2) is 0 Å². The summed E-state index contributed by atoms with van der Waals surface area (Å²) in [5, 5.41) is 0. The van der Waals surface area contributed by atoms with Crippen LogP contribution in [0.1, 0.15) is 51.9 Å². The Labute approximate surface area is 65.0 Å². The second-order valence-electron chi connectivity index (χ2n) is 3.46. The Morgan fingerprint density at radius 2 is 2.40 bits per heavy atom. The molecule has 1 saturated carbocycles. The second kappa shape index (κ2) is 4.76. The quantitative estimate of drug-likeness (QED) is 0.560. The average Bonchev–Trinajstić information content (AvgIpc) is 2.03. The van der Waals surface area contributed by atoms with Crippen LogP contribution in [0.2, 0.25) is 0 Å². The van der Waals surface area contributed by atoms with Crippen LogP contribution in [0.25, 0.3) is 0 Å². The van der Waals surface area contributed by atoms with E-state index in [4.69, 9.17) is 0 Å². The molecule has 0 amide bonds. The Balaban J connectivity index is 2.02. The minimum Gasteiger partial charge on any atom is -0.0654 e. The molecule has 1 aliphatic carbocycles. The summed E-state index contributed by atoms with van der Waals surface area (Å²) in [6.45, 7) is 2.28. The summed E-state index contributed by atoms with van der Waals surface area (Å²) >= 11 is 0. The van der Waals surface area contributed by atoms with Crippen LogP contribution in [0, 0.1) is 12.3 Å². The molecule has 0 aliphatic heterocycles. The summed E-state index contributed by atoms with van der Waals surface area (Å²) in [6, 6.07) is 0. The fourth-order valence-electron chi connectivity index (χ4n) is 1.78. The highest BCUT2D eigenvalue weighted by Gasteiger charge is 2.11. The highest BCUT2D eigenvalue weighted by Crippen LogP contribution is 2.26. The van der Waals surface area contributed by atoms with E-state index >= 15 is 0 Å². The molecular formula is C10H19. The normalized spacial score (nSPS) is 21.3. The van der Waals surface area contributed by atoms with E-state index in [9.17, 15) is 0 Å². The summed E-state index contributed by atoms with van der Waals surface area (Å²) in [5.41, 5.74) is 0. The van der Waals surface area contributed by atoms with Crippen LogP contribution in [0.3, 0.4) is 0 Å². The van der Waals surface area contributed by atoms with Gasteiger partial charge in [-0.15, -0.1) is 0 Å². The number of unbranched alkanes of at least 4 members (excludes halogenated alkanes) is 1. The van der Waals surface area contributed by atoms with Crippen molar-refractivity contribution in [2.45, 2.75) is 51.9 Å². The zero-order valence-corrected chi connectivity index (χ0v) is 7.10. The van der Waals surface area contributed by atoms with Crippen LogP contribution in [0.15, 0.2) is 0 Å². The Hall–Kier alpha value is 0. The summed E-state index contributed by atoms with van der Waals surface area (Å²) in [5.74, 6) is 1.05. The molecule has 0 nitrogen and oxygen atoms in total. The fraction of sp³-hybridized carbons (Fsp3) is 0.900. The minimum absolute atomic E-state index is 1.05. The van der Waals surface area contributed by atoms with Crippen LogP contribution >= 0.6 is 0 Å². The van der Waals surface area contributed by atoms with Gasteiger partial charge in [-0.25, -0.2) is 0 Å². The minimum atomic E-state index is 1.05. The van der Waals surface area contributed by atoms with E-state index in [-0.39, 0.29) is 0 Å². The van der Waals surface area contributed by atoms with E-state index in [1.54, 1.807) is 0 Å². The summed E-state index contributed by atoms with van der Waals surface area (Å²) in [4.78, 5) is 0. The molecule has 1 atom stereocenters. The first-order valence-electron chi connectivity index (χ1n) is 4.75. The largest absolute Gasteiger partial charge is 0.0654 e. The van der Waals surface area contributed by atoms with Gasteiger partial charge in [-0.05, 0) is 18.8 Å². The van der Waals surface area contributed by atoms with Crippen LogP contribution in [-0.2, 0) is 0 Å². The van der Waals surface area contributed by atoms with Gasteiger partial charge < -0.3 is 0 Å². The van der Waals surface area contributed by atoms with E-state index in [1.165, 1.54) is 44.9 Å². The number of hydrogen-bond acceptors (Lipinski definition) is 0. The SMILES string of the molecule is CCCC[C@H]1C[CH]CCC1. The maximum absolute atomic E-state index is 2.48. The molecule has 0 N–H and O–H groups in total. The molecule has 1 fully saturated rings. The van der Waals surface area contributed by atoms with Crippen molar-refractivity contribution in [3.8, 4) is 0 Å². The summed E-state index contributed by atoms with van der Waals surface area (Å²) in [6.07, 6.45) is 12.5. The van der Waals surface area contributed by atoms with Crippen molar-refractivity contribution in [3.05, 3.63) is 6.42 Å². The van der Waals surface area contributed by atoms with Gasteiger partial charge in [-0.3, -0.25) is 0 Å². The molecule has 10 heavy (non-hydrogen) atoms. The second-order valence-corrected chi connectivity index (χ2v) is 3.46. The lowest BCUT2D eigenvalue weighted by Crippen LogP contribution is -2.05. The van der Waals surface area contributed by atoms with Gasteiger partial charge in [-0.1, -0.05) is 45.4 Å². The first-order chi connectivity index (χ1) is 4.93. The van der Waals surface area contributed by atoms with Crippen molar-refractivity contribution >= 4 is 0 Å². The third-order valence-corrected chi connectivity index (χ3v) is 2.49. The average molecular weight is 139 g/mol. The monoisotopic (exact) mass is 139 g/mol. The predicted molar refractivity (Wildman–Crippen MR) is 45.8 cm³/mol. The van der Waals surface area contributed by atoms with Gasteiger partial charge in [0.05, 0.1) is 0 Å². The maximum Gasteiger partial charge on any atom is -0.0383 e. The molecule has 0 spiro atoms. The molecule has 1 radical (unpaired) electrons. The van der Waals surface area contributed by atoms with Crippen LogP contribution in [0.4, 0.5) is 0 Å². The topological polar surface area (TPSA) is 0 Å².